The van der Waals surface area contributed by atoms with Gasteiger partial charge < -0.3 is 9.26 Å². The average molecular weight is 208 g/mol. The Morgan fingerprint density at radius 3 is 2.38 bits per heavy atom. The molecule has 0 radical (unpaired) electrons. The molecule has 0 heterocycles. The van der Waals surface area contributed by atoms with E-state index < -0.39 is 7.37 Å². The summed E-state index contributed by atoms with van der Waals surface area (Å²) in [5, 5.41) is 0. The lowest BCUT2D eigenvalue weighted by molar-refractivity contribution is -0.148. The molecule has 0 bridgehead atoms. The standard InChI is InChI=1S/C8H17O4P/c1-5-11-8(9)7(2)6-12-13(3,4)10/h7H,5-6H2,1-4H3. The molecule has 0 aromatic carbocycles. The summed E-state index contributed by atoms with van der Waals surface area (Å²) in [4.78, 5) is 11.1. The molecule has 0 aromatic rings. The molecular formula is C8H17O4P. The second kappa shape index (κ2) is 5.40. The molecule has 0 N–H and O–H groups in total. The van der Waals surface area contributed by atoms with Crippen LogP contribution in [0, 0.1) is 5.92 Å². The zero-order valence-corrected chi connectivity index (χ0v) is 9.47. The van der Waals surface area contributed by atoms with Crippen LogP contribution in [0.5, 0.6) is 0 Å². The molecule has 0 rings (SSSR count). The predicted molar refractivity (Wildman–Crippen MR) is 51.2 cm³/mol. The van der Waals surface area contributed by atoms with E-state index in [1.54, 1.807) is 13.8 Å². The molecule has 0 aliphatic carbocycles. The van der Waals surface area contributed by atoms with Crippen LogP contribution < -0.4 is 0 Å². The Kier molecular flexibility index (Phi) is 5.26. The Labute approximate surface area is 79.1 Å². The Bertz CT molecular complexity index is 208. The topological polar surface area (TPSA) is 52.6 Å². The maximum Gasteiger partial charge on any atom is 0.310 e. The van der Waals surface area contributed by atoms with Crippen molar-refractivity contribution in [2.75, 3.05) is 26.5 Å². The predicted octanol–water partition coefficient (Wildman–Crippen LogP) is 1.74. The summed E-state index contributed by atoms with van der Waals surface area (Å²) in [6.07, 6.45) is 0. The number of esters is 1. The maximum atomic E-state index is 11.1. The van der Waals surface area contributed by atoms with E-state index in [1.165, 1.54) is 13.3 Å². The molecule has 78 valence electrons. The smallest absolute Gasteiger partial charge is 0.310 e. The third kappa shape index (κ3) is 6.79. The van der Waals surface area contributed by atoms with Crippen molar-refractivity contribution in [1.82, 2.24) is 0 Å². The van der Waals surface area contributed by atoms with E-state index in [4.69, 9.17) is 9.26 Å². The van der Waals surface area contributed by atoms with E-state index in [1.807, 2.05) is 0 Å². The Morgan fingerprint density at radius 2 is 2.00 bits per heavy atom. The average Bonchev–Trinajstić information content (AvgIpc) is 1.99. The van der Waals surface area contributed by atoms with E-state index in [0.29, 0.717) is 6.61 Å². The van der Waals surface area contributed by atoms with Crippen molar-refractivity contribution in [2.24, 2.45) is 5.92 Å². The second-order valence-electron chi connectivity index (χ2n) is 3.20. The quantitative estimate of drug-likeness (QED) is 0.510. The van der Waals surface area contributed by atoms with Crippen LogP contribution in [0.4, 0.5) is 0 Å². The summed E-state index contributed by atoms with van der Waals surface area (Å²) in [6.45, 7) is 6.99. The van der Waals surface area contributed by atoms with Gasteiger partial charge in [0.25, 0.3) is 0 Å². The van der Waals surface area contributed by atoms with Crippen molar-refractivity contribution in [3.63, 3.8) is 0 Å². The monoisotopic (exact) mass is 208 g/mol. The molecule has 13 heavy (non-hydrogen) atoms. The first-order valence-corrected chi connectivity index (χ1v) is 6.75. The van der Waals surface area contributed by atoms with Crippen LogP contribution in [-0.2, 0) is 18.6 Å². The fourth-order valence-electron chi connectivity index (χ4n) is 0.644. The molecule has 0 aliphatic rings. The largest absolute Gasteiger partial charge is 0.466 e. The normalized spacial score (nSPS) is 13.8. The Hall–Kier alpha value is -0.340. The van der Waals surface area contributed by atoms with Crippen LogP contribution in [0.25, 0.3) is 0 Å². The van der Waals surface area contributed by atoms with Gasteiger partial charge in [-0.1, -0.05) is 0 Å². The molecule has 0 aliphatic heterocycles. The van der Waals surface area contributed by atoms with Gasteiger partial charge in [-0.05, 0) is 13.8 Å². The minimum atomic E-state index is -2.49. The van der Waals surface area contributed by atoms with Crippen molar-refractivity contribution >= 4 is 13.3 Å². The number of hydrogen-bond donors (Lipinski definition) is 0. The lowest BCUT2D eigenvalue weighted by atomic mass is 10.2. The van der Waals surface area contributed by atoms with Crippen molar-refractivity contribution in [3.05, 3.63) is 0 Å². The highest BCUT2D eigenvalue weighted by Gasteiger charge is 2.17. The second-order valence-corrected chi connectivity index (χ2v) is 5.96. The van der Waals surface area contributed by atoms with Crippen LogP contribution >= 0.6 is 7.37 Å². The van der Waals surface area contributed by atoms with Crippen molar-refractivity contribution in [2.45, 2.75) is 13.8 Å². The Morgan fingerprint density at radius 1 is 1.46 bits per heavy atom. The highest BCUT2D eigenvalue weighted by atomic mass is 31.2. The fraction of sp³-hybridized carbons (Fsp3) is 0.875. The first-order chi connectivity index (χ1) is 5.87. The minimum Gasteiger partial charge on any atom is -0.466 e. The molecule has 1 unspecified atom stereocenters. The number of ether oxygens (including phenoxy) is 1. The van der Waals surface area contributed by atoms with Crippen LogP contribution in [0.2, 0.25) is 0 Å². The number of hydrogen-bond acceptors (Lipinski definition) is 4. The fourth-order valence-corrected chi connectivity index (χ4v) is 1.23. The van der Waals surface area contributed by atoms with Crippen LogP contribution in [0.15, 0.2) is 0 Å². The summed E-state index contributed by atoms with van der Waals surface area (Å²) in [5.41, 5.74) is 0. The highest BCUT2D eigenvalue weighted by Crippen LogP contribution is 2.37. The van der Waals surface area contributed by atoms with Gasteiger partial charge >= 0.3 is 5.97 Å². The first-order valence-electron chi connectivity index (χ1n) is 4.23. The molecular weight excluding hydrogens is 191 g/mol. The summed E-state index contributed by atoms with van der Waals surface area (Å²) in [5.74, 6) is -0.663. The highest BCUT2D eigenvalue weighted by molar-refractivity contribution is 7.57. The third-order valence-corrected chi connectivity index (χ3v) is 2.10. The molecule has 1 atom stereocenters. The van der Waals surface area contributed by atoms with Gasteiger partial charge in [0.15, 0.2) is 7.37 Å². The summed E-state index contributed by atoms with van der Waals surface area (Å²) < 4.78 is 20.9. The number of carbonyl (C=O) groups is 1. The summed E-state index contributed by atoms with van der Waals surface area (Å²) >= 11 is 0. The molecule has 0 spiro atoms. The molecule has 5 heteroatoms. The van der Waals surface area contributed by atoms with Crippen LogP contribution in [0.3, 0.4) is 0 Å². The van der Waals surface area contributed by atoms with Gasteiger partial charge in [-0.15, -0.1) is 0 Å². The van der Waals surface area contributed by atoms with Gasteiger partial charge in [-0.25, -0.2) is 0 Å². The van der Waals surface area contributed by atoms with E-state index in [-0.39, 0.29) is 18.5 Å². The van der Waals surface area contributed by atoms with Gasteiger partial charge in [0.05, 0.1) is 19.1 Å². The van der Waals surface area contributed by atoms with Crippen LogP contribution in [-0.4, -0.2) is 32.5 Å². The molecule has 0 aromatic heterocycles. The maximum absolute atomic E-state index is 11.1. The van der Waals surface area contributed by atoms with Crippen molar-refractivity contribution in [1.29, 1.82) is 0 Å². The summed E-state index contributed by atoms with van der Waals surface area (Å²) in [7, 11) is -2.49. The van der Waals surface area contributed by atoms with E-state index in [9.17, 15) is 9.36 Å². The lowest BCUT2D eigenvalue weighted by Crippen LogP contribution is -2.19. The molecule has 4 nitrogen and oxygen atoms in total. The number of rotatable bonds is 5. The zero-order chi connectivity index (χ0) is 10.5. The molecule has 0 saturated carbocycles. The minimum absolute atomic E-state index is 0.156. The SMILES string of the molecule is CCOC(=O)C(C)COP(C)(C)=O. The van der Waals surface area contributed by atoms with Crippen molar-refractivity contribution < 1.29 is 18.6 Å². The van der Waals surface area contributed by atoms with Gasteiger partial charge in [0.2, 0.25) is 0 Å². The van der Waals surface area contributed by atoms with Gasteiger partial charge in [-0.2, -0.15) is 0 Å². The van der Waals surface area contributed by atoms with E-state index >= 15 is 0 Å². The third-order valence-electron chi connectivity index (χ3n) is 1.32. The number of carbonyl (C=O) groups excluding carboxylic acids is 1. The van der Waals surface area contributed by atoms with Gasteiger partial charge in [0.1, 0.15) is 0 Å². The van der Waals surface area contributed by atoms with E-state index in [0.717, 1.165) is 0 Å². The lowest BCUT2D eigenvalue weighted by Gasteiger charge is -2.13. The van der Waals surface area contributed by atoms with E-state index in [2.05, 4.69) is 0 Å². The van der Waals surface area contributed by atoms with Crippen molar-refractivity contribution in [3.8, 4) is 0 Å². The summed E-state index contributed by atoms with van der Waals surface area (Å²) in [6, 6.07) is 0. The first kappa shape index (κ1) is 12.7. The van der Waals surface area contributed by atoms with Gasteiger partial charge in [-0.3, -0.25) is 9.36 Å². The van der Waals surface area contributed by atoms with Crippen LogP contribution in [0.1, 0.15) is 13.8 Å². The van der Waals surface area contributed by atoms with Gasteiger partial charge in [0, 0.05) is 13.3 Å². The molecule has 0 amide bonds. The zero-order valence-electron chi connectivity index (χ0n) is 8.57. The Balaban J connectivity index is 3.81. The molecule has 0 saturated heterocycles. The molecule has 0 fully saturated rings.